The van der Waals surface area contributed by atoms with E-state index in [4.69, 9.17) is 10.5 Å². The number of carbonyl (C=O) groups is 1. The molecule has 1 fully saturated rings. The van der Waals surface area contributed by atoms with Crippen LogP contribution in [-0.4, -0.2) is 18.6 Å². The SMILES string of the molecule is Cc1cc(Br)cc(NC(=O)C2CCCCO2)c1N.Cl. The number of hydrogen-bond donors (Lipinski definition) is 2. The van der Waals surface area contributed by atoms with Gasteiger partial charge in [0.25, 0.3) is 5.91 Å². The quantitative estimate of drug-likeness (QED) is 0.805. The first-order chi connectivity index (χ1) is 8.58. The first-order valence-electron chi connectivity index (χ1n) is 6.06. The van der Waals surface area contributed by atoms with Gasteiger partial charge in [0.15, 0.2) is 0 Å². The van der Waals surface area contributed by atoms with Gasteiger partial charge in [-0.25, -0.2) is 0 Å². The number of hydrogen-bond acceptors (Lipinski definition) is 3. The Balaban J connectivity index is 0.00000180. The van der Waals surface area contributed by atoms with E-state index in [9.17, 15) is 4.79 Å². The second kappa shape index (κ2) is 7.12. The van der Waals surface area contributed by atoms with Crippen LogP contribution in [0.3, 0.4) is 0 Å². The fraction of sp³-hybridized carbons (Fsp3) is 0.462. The summed E-state index contributed by atoms with van der Waals surface area (Å²) in [7, 11) is 0. The topological polar surface area (TPSA) is 64.3 Å². The molecular formula is C13H18BrClN2O2. The van der Waals surface area contributed by atoms with Gasteiger partial charge >= 0.3 is 0 Å². The summed E-state index contributed by atoms with van der Waals surface area (Å²) in [5.74, 6) is -0.112. The molecule has 0 radical (unpaired) electrons. The molecule has 1 heterocycles. The second-order valence-corrected chi connectivity index (χ2v) is 5.44. The van der Waals surface area contributed by atoms with Gasteiger partial charge in [0.1, 0.15) is 6.10 Å². The molecule has 6 heteroatoms. The number of nitrogens with one attached hydrogen (secondary N) is 1. The molecule has 1 aromatic carbocycles. The first-order valence-corrected chi connectivity index (χ1v) is 6.85. The zero-order valence-corrected chi connectivity index (χ0v) is 13.1. The molecule has 0 bridgehead atoms. The molecule has 2 rings (SSSR count). The van der Waals surface area contributed by atoms with Crippen molar-refractivity contribution in [3.8, 4) is 0 Å². The van der Waals surface area contributed by atoms with E-state index in [1.807, 2.05) is 19.1 Å². The van der Waals surface area contributed by atoms with Crippen LogP contribution in [0.25, 0.3) is 0 Å². The molecule has 1 aliphatic heterocycles. The van der Waals surface area contributed by atoms with Crippen molar-refractivity contribution in [1.29, 1.82) is 0 Å². The number of rotatable bonds is 2. The minimum atomic E-state index is -0.350. The second-order valence-electron chi connectivity index (χ2n) is 4.53. The van der Waals surface area contributed by atoms with Gasteiger partial charge in [-0.15, -0.1) is 12.4 Å². The minimum Gasteiger partial charge on any atom is -0.397 e. The van der Waals surface area contributed by atoms with Gasteiger partial charge < -0.3 is 15.8 Å². The van der Waals surface area contributed by atoms with E-state index < -0.39 is 0 Å². The number of amides is 1. The van der Waals surface area contributed by atoms with E-state index in [1.165, 1.54) is 0 Å². The highest BCUT2D eigenvalue weighted by Crippen LogP contribution is 2.28. The standard InChI is InChI=1S/C13H17BrN2O2.ClH/c1-8-6-9(14)7-10(12(8)15)16-13(17)11-4-2-3-5-18-11;/h6-7,11H,2-5,15H2,1H3,(H,16,17);1H. The van der Waals surface area contributed by atoms with Crippen LogP contribution in [0.4, 0.5) is 11.4 Å². The number of nitrogen functional groups attached to an aromatic ring is 1. The van der Waals surface area contributed by atoms with Crippen LogP contribution >= 0.6 is 28.3 Å². The lowest BCUT2D eigenvalue weighted by molar-refractivity contribution is -0.129. The van der Waals surface area contributed by atoms with Crippen molar-refractivity contribution < 1.29 is 9.53 Å². The van der Waals surface area contributed by atoms with Crippen molar-refractivity contribution in [3.63, 3.8) is 0 Å². The molecule has 1 amide bonds. The van der Waals surface area contributed by atoms with E-state index in [2.05, 4.69) is 21.2 Å². The average Bonchev–Trinajstić information content (AvgIpc) is 2.36. The first kappa shape index (κ1) is 16.3. The van der Waals surface area contributed by atoms with Crippen LogP contribution in [0.2, 0.25) is 0 Å². The molecule has 1 saturated heterocycles. The third-order valence-electron chi connectivity index (χ3n) is 3.08. The number of aryl methyl sites for hydroxylation is 1. The molecular weight excluding hydrogens is 332 g/mol. The summed E-state index contributed by atoms with van der Waals surface area (Å²) in [4.78, 5) is 12.0. The number of carbonyl (C=O) groups excluding carboxylic acids is 1. The normalized spacial score (nSPS) is 18.5. The summed E-state index contributed by atoms with van der Waals surface area (Å²) in [6.45, 7) is 2.57. The highest BCUT2D eigenvalue weighted by Gasteiger charge is 2.22. The lowest BCUT2D eigenvalue weighted by atomic mass is 10.1. The van der Waals surface area contributed by atoms with Crippen molar-refractivity contribution in [2.45, 2.75) is 32.3 Å². The third kappa shape index (κ3) is 4.09. The summed E-state index contributed by atoms with van der Waals surface area (Å²) in [6.07, 6.45) is 2.49. The fourth-order valence-corrected chi connectivity index (χ4v) is 2.59. The van der Waals surface area contributed by atoms with E-state index in [0.717, 1.165) is 29.3 Å². The highest BCUT2D eigenvalue weighted by molar-refractivity contribution is 9.10. The lowest BCUT2D eigenvalue weighted by Gasteiger charge is -2.22. The van der Waals surface area contributed by atoms with Crippen molar-refractivity contribution >= 4 is 45.6 Å². The predicted octanol–water partition coefficient (Wildman–Crippen LogP) is 3.27. The van der Waals surface area contributed by atoms with Crippen molar-refractivity contribution in [2.75, 3.05) is 17.7 Å². The molecule has 1 aliphatic rings. The number of nitrogens with two attached hydrogens (primary N) is 1. The Morgan fingerprint density at radius 1 is 1.47 bits per heavy atom. The van der Waals surface area contributed by atoms with Gasteiger partial charge in [0.2, 0.25) is 0 Å². The molecule has 3 N–H and O–H groups in total. The van der Waals surface area contributed by atoms with Crippen LogP contribution < -0.4 is 11.1 Å². The largest absolute Gasteiger partial charge is 0.397 e. The van der Waals surface area contributed by atoms with Gasteiger partial charge in [-0.1, -0.05) is 15.9 Å². The molecule has 0 aromatic heterocycles. The van der Waals surface area contributed by atoms with Crippen LogP contribution in [0.5, 0.6) is 0 Å². The minimum absolute atomic E-state index is 0. The number of ether oxygens (including phenoxy) is 1. The van der Waals surface area contributed by atoms with E-state index in [-0.39, 0.29) is 24.4 Å². The average molecular weight is 350 g/mol. The molecule has 0 aliphatic carbocycles. The number of anilines is 2. The van der Waals surface area contributed by atoms with Gasteiger partial charge in [0, 0.05) is 11.1 Å². The van der Waals surface area contributed by atoms with Crippen LogP contribution in [0.1, 0.15) is 24.8 Å². The maximum absolute atomic E-state index is 12.0. The molecule has 106 valence electrons. The Bertz CT molecular complexity index is 462. The van der Waals surface area contributed by atoms with Crippen LogP contribution in [0.15, 0.2) is 16.6 Å². The Hall–Kier alpha value is -0.780. The van der Waals surface area contributed by atoms with E-state index in [0.29, 0.717) is 18.0 Å². The van der Waals surface area contributed by atoms with Crippen molar-refractivity contribution in [2.24, 2.45) is 0 Å². The third-order valence-corrected chi connectivity index (χ3v) is 3.54. The van der Waals surface area contributed by atoms with Crippen LogP contribution in [-0.2, 0) is 9.53 Å². The monoisotopic (exact) mass is 348 g/mol. The molecule has 19 heavy (non-hydrogen) atoms. The Morgan fingerprint density at radius 3 is 2.84 bits per heavy atom. The Kier molecular flexibility index (Phi) is 6.10. The Morgan fingerprint density at radius 2 is 2.21 bits per heavy atom. The zero-order chi connectivity index (χ0) is 13.1. The summed E-state index contributed by atoms with van der Waals surface area (Å²) in [5, 5.41) is 2.84. The van der Waals surface area contributed by atoms with Gasteiger partial charge in [-0.05, 0) is 43.9 Å². The maximum atomic E-state index is 12.0. The molecule has 1 aromatic rings. The number of halogens is 2. The van der Waals surface area contributed by atoms with Crippen LogP contribution in [0, 0.1) is 6.92 Å². The van der Waals surface area contributed by atoms with E-state index in [1.54, 1.807) is 0 Å². The van der Waals surface area contributed by atoms with Crippen molar-refractivity contribution in [3.05, 3.63) is 22.2 Å². The molecule has 1 atom stereocenters. The smallest absolute Gasteiger partial charge is 0.253 e. The fourth-order valence-electron chi connectivity index (χ4n) is 2.02. The van der Waals surface area contributed by atoms with Gasteiger partial charge in [0.05, 0.1) is 11.4 Å². The number of benzene rings is 1. The summed E-state index contributed by atoms with van der Waals surface area (Å²) in [6, 6.07) is 3.73. The van der Waals surface area contributed by atoms with Gasteiger partial charge in [-0.3, -0.25) is 4.79 Å². The maximum Gasteiger partial charge on any atom is 0.253 e. The predicted molar refractivity (Wildman–Crippen MR) is 82.8 cm³/mol. The summed E-state index contributed by atoms with van der Waals surface area (Å²) in [5.41, 5.74) is 8.13. The molecule has 4 nitrogen and oxygen atoms in total. The molecule has 0 saturated carbocycles. The summed E-state index contributed by atoms with van der Waals surface area (Å²) < 4.78 is 6.34. The Labute approximate surface area is 127 Å². The van der Waals surface area contributed by atoms with E-state index >= 15 is 0 Å². The molecule has 1 unspecified atom stereocenters. The zero-order valence-electron chi connectivity index (χ0n) is 10.7. The van der Waals surface area contributed by atoms with Gasteiger partial charge in [-0.2, -0.15) is 0 Å². The summed E-state index contributed by atoms with van der Waals surface area (Å²) >= 11 is 3.39. The lowest BCUT2D eigenvalue weighted by Crippen LogP contribution is -2.33. The molecule has 0 spiro atoms. The highest BCUT2D eigenvalue weighted by atomic mass is 79.9. The van der Waals surface area contributed by atoms with Crippen molar-refractivity contribution in [1.82, 2.24) is 0 Å².